The van der Waals surface area contributed by atoms with Gasteiger partial charge >= 0.3 is 0 Å². The van der Waals surface area contributed by atoms with Crippen LogP contribution in [0.4, 0.5) is 0 Å². The minimum atomic E-state index is -0.356. The first-order valence-electron chi connectivity index (χ1n) is 9.43. The predicted octanol–water partition coefficient (Wildman–Crippen LogP) is 5.63. The highest BCUT2D eigenvalue weighted by atomic mass is 31.1. The third kappa shape index (κ3) is 2.24. The first kappa shape index (κ1) is 18.7. The molecule has 2 nitrogen and oxygen atoms in total. The maximum Gasteiger partial charge on any atom is 0.175 e. The van der Waals surface area contributed by atoms with Gasteiger partial charge in [-0.3, -0.25) is 0 Å². The molecule has 130 valence electrons. The summed E-state index contributed by atoms with van der Waals surface area (Å²) >= 11 is 0. The van der Waals surface area contributed by atoms with Gasteiger partial charge in [0.05, 0.1) is 13.2 Å². The van der Waals surface area contributed by atoms with Gasteiger partial charge in [0.15, 0.2) is 5.79 Å². The van der Waals surface area contributed by atoms with E-state index in [1.807, 2.05) is 0 Å². The highest BCUT2D eigenvalue weighted by Crippen LogP contribution is 2.74. The van der Waals surface area contributed by atoms with Crippen LogP contribution in [0.25, 0.3) is 0 Å². The van der Waals surface area contributed by atoms with Crippen LogP contribution in [-0.4, -0.2) is 36.0 Å². The van der Waals surface area contributed by atoms with Crippen molar-refractivity contribution in [3.05, 3.63) is 0 Å². The van der Waals surface area contributed by atoms with Crippen molar-refractivity contribution in [3.63, 3.8) is 0 Å². The number of hydrogen-bond donors (Lipinski definition) is 0. The molecule has 0 N–H and O–H groups in total. The molecule has 2 unspecified atom stereocenters. The third-order valence-corrected chi connectivity index (χ3v) is 12.3. The Balaban J connectivity index is 2.60. The molecule has 1 spiro atoms. The molecule has 0 bridgehead atoms. The van der Waals surface area contributed by atoms with Crippen LogP contribution in [0.3, 0.4) is 0 Å². The summed E-state index contributed by atoms with van der Waals surface area (Å²) in [6, 6.07) is 0. The summed E-state index contributed by atoms with van der Waals surface area (Å²) in [7, 11) is -0.0769. The van der Waals surface area contributed by atoms with E-state index in [2.05, 4.69) is 48.2 Å². The molecule has 0 aromatic heterocycles. The van der Waals surface area contributed by atoms with Crippen LogP contribution in [0.15, 0.2) is 0 Å². The lowest BCUT2D eigenvalue weighted by atomic mass is 9.70. The molecule has 2 heterocycles. The smallest absolute Gasteiger partial charge is 0.175 e. The molecular weight excluding hydrogens is 291 g/mol. The van der Waals surface area contributed by atoms with Crippen LogP contribution in [0.5, 0.6) is 0 Å². The summed E-state index contributed by atoms with van der Waals surface area (Å²) in [4.78, 5) is 0. The Morgan fingerprint density at radius 3 is 1.50 bits per heavy atom. The van der Waals surface area contributed by atoms with Gasteiger partial charge in [-0.05, 0) is 49.1 Å². The van der Waals surface area contributed by atoms with Crippen LogP contribution >= 0.6 is 7.92 Å². The minimum absolute atomic E-state index is 0.0769. The molecule has 3 heteroatoms. The van der Waals surface area contributed by atoms with Crippen molar-refractivity contribution in [1.29, 1.82) is 0 Å². The second-order valence-electron chi connectivity index (χ2n) is 7.40. The van der Waals surface area contributed by atoms with Gasteiger partial charge in [-0.25, -0.2) is 0 Å². The van der Waals surface area contributed by atoms with Crippen molar-refractivity contribution in [2.45, 2.75) is 89.7 Å². The number of hydrogen-bond acceptors (Lipinski definition) is 2. The fourth-order valence-electron chi connectivity index (χ4n) is 5.89. The Morgan fingerprint density at radius 2 is 1.18 bits per heavy atom. The standard InChI is InChI=1S/C19H37O2P/c1-8-17(9-2)15(5)19(20-13-12-14-21-19)16(6)18(10-3,11-4)22(17)7/h15-16H,8-14H2,1-7H3. The van der Waals surface area contributed by atoms with Crippen molar-refractivity contribution in [2.24, 2.45) is 11.8 Å². The van der Waals surface area contributed by atoms with Gasteiger partial charge in [0, 0.05) is 11.8 Å². The van der Waals surface area contributed by atoms with Gasteiger partial charge in [-0.1, -0.05) is 49.5 Å². The lowest BCUT2D eigenvalue weighted by Gasteiger charge is -2.67. The maximum absolute atomic E-state index is 6.49. The molecule has 0 aromatic carbocycles. The maximum atomic E-state index is 6.49. The summed E-state index contributed by atoms with van der Waals surface area (Å²) in [6.07, 6.45) is 6.02. The highest BCUT2D eigenvalue weighted by Gasteiger charge is 2.66. The Bertz CT molecular complexity index is 340. The monoisotopic (exact) mass is 328 g/mol. The fraction of sp³-hybridized carbons (Fsp3) is 1.00. The van der Waals surface area contributed by atoms with Crippen LogP contribution in [0.2, 0.25) is 0 Å². The topological polar surface area (TPSA) is 18.5 Å². The normalized spacial score (nSPS) is 36.4. The first-order chi connectivity index (χ1) is 10.4. The second kappa shape index (κ2) is 6.69. The van der Waals surface area contributed by atoms with E-state index in [0.717, 1.165) is 19.6 Å². The van der Waals surface area contributed by atoms with E-state index in [4.69, 9.17) is 9.47 Å². The van der Waals surface area contributed by atoms with Gasteiger partial charge in [-0.15, -0.1) is 0 Å². The Hall–Kier alpha value is 0.350. The van der Waals surface area contributed by atoms with Crippen LogP contribution in [0.1, 0.15) is 73.6 Å². The van der Waals surface area contributed by atoms with Crippen molar-refractivity contribution < 1.29 is 9.47 Å². The zero-order valence-electron chi connectivity index (χ0n) is 15.9. The average Bonchev–Trinajstić information content (AvgIpc) is 2.57. The molecule has 0 aliphatic carbocycles. The van der Waals surface area contributed by atoms with Crippen LogP contribution in [0, 0.1) is 11.8 Å². The molecule has 0 saturated carbocycles. The van der Waals surface area contributed by atoms with E-state index in [1.54, 1.807) is 0 Å². The van der Waals surface area contributed by atoms with E-state index in [1.165, 1.54) is 25.7 Å². The van der Waals surface area contributed by atoms with E-state index in [0.29, 0.717) is 22.1 Å². The zero-order valence-corrected chi connectivity index (χ0v) is 16.8. The largest absolute Gasteiger partial charge is 0.349 e. The van der Waals surface area contributed by atoms with Gasteiger partial charge in [0.25, 0.3) is 0 Å². The fourth-order valence-corrected chi connectivity index (χ4v) is 10.2. The van der Waals surface area contributed by atoms with E-state index >= 15 is 0 Å². The van der Waals surface area contributed by atoms with E-state index in [9.17, 15) is 0 Å². The quantitative estimate of drug-likeness (QED) is 0.622. The molecule has 0 aromatic rings. The second-order valence-corrected chi connectivity index (χ2v) is 10.3. The molecular formula is C19H37O2P. The molecule has 2 aliphatic rings. The molecule has 2 fully saturated rings. The average molecular weight is 328 g/mol. The van der Waals surface area contributed by atoms with Crippen molar-refractivity contribution in [1.82, 2.24) is 0 Å². The lowest BCUT2D eigenvalue weighted by Crippen LogP contribution is -2.67. The van der Waals surface area contributed by atoms with E-state index < -0.39 is 0 Å². The molecule has 2 saturated heterocycles. The Morgan fingerprint density at radius 1 is 0.818 bits per heavy atom. The molecule has 2 atom stereocenters. The Kier molecular flexibility index (Phi) is 5.68. The summed E-state index contributed by atoms with van der Waals surface area (Å²) < 4.78 is 13.0. The first-order valence-corrected chi connectivity index (χ1v) is 11.2. The molecule has 2 rings (SSSR count). The van der Waals surface area contributed by atoms with Gasteiger partial charge < -0.3 is 9.47 Å². The lowest BCUT2D eigenvalue weighted by molar-refractivity contribution is -0.329. The molecule has 2 aliphatic heterocycles. The van der Waals surface area contributed by atoms with E-state index in [-0.39, 0.29) is 13.7 Å². The molecule has 22 heavy (non-hydrogen) atoms. The summed E-state index contributed by atoms with van der Waals surface area (Å²) in [5.74, 6) is 0.603. The molecule has 0 amide bonds. The summed E-state index contributed by atoms with van der Waals surface area (Å²) in [5, 5.41) is 0.760. The van der Waals surface area contributed by atoms with Crippen LogP contribution < -0.4 is 0 Å². The third-order valence-electron chi connectivity index (χ3n) is 7.55. The number of rotatable bonds is 4. The summed E-state index contributed by atoms with van der Waals surface area (Å²) in [5.41, 5.74) is 0. The SMILES string of the molecule is CCC1(CC)C(C)C2(OCCCO2)C(C)C(CC)(CC)P1C. The highest BCUT2D eigenvalue weighted by molar-refractivity contribution is 7.60. The van der Waals surface area contributed by atoms with Crippen molar-refractivity contribution in [2.75, 3.05) is 19.9 Å². The van der Waals surface area contributed by atoms with Gasteiger partial charge in [-0.2, -0.15) is 0 Å². The predicted molar refractivity (Wildman–Crippen MR) is 97.1 cm³/mol. The minimum Gasteiger partial charge on any atom is -0.349 e. The van der Waals surface area contributed by atoms with Crippen molar-refractivity contribution in [3.8, 4) is 0 Å². The Labute approximate surface area is 139 Å². The van der Waals surface area contributed by atoms with Gasteiger partial charge in [0.2, 0.25) is 0 Å². The number of ether oxygens (including phenoxy) is 2. The summed E-state index contributed by atoms with van der Waals surface area (Å²) in [6.45, 7) is 18.7. The molecule has 0 radical (unpaired) electrons. The van der Waals surface area contributed by atoms with Crippen molar-refractivity contribution >= 4 is 7.92 Å². The zero-order chi connectivity index (χ0) is 16.6. The van der Waals surface area contributed by atoms with Crippen LogP contribution in [-0.2, 0) is 9.47 Å². The van der Waals surface area contributed by atoms with Gasteiger partial charge in [0.1, 0.15) is 0 Å².